The molecule has 134 valence electrons. The second-order valence-electron chi connectivity index (χ2n) is 5.82. The van der Waals surface area contributed by atoms with E-state index in [9.17, 15) is 4.79 Å². The smallest absolute Gasteiger partial charge is 0.293 e. The Morgan fingerprint density at radius 3 is 2.50 bits per heavy atom. The molecule has 1 amide bonds. The molecule has 0 aliphatic heterocycles. The van der Waals surface area contributed by atoms with Crippen molar-refractivity contribution in [1.29, 1.82) is 0 Å². The second-order valence-corrected chi connectivity index (χ2v) is 6.69. The predicted octanol–water partition coefficient (Wildman–Crippen LogP) is 4.54. The Labute approximate surface area is 162 Å². The number of hydrogen-bond acceptors (Lipinski definition) is 3. The second kappa shape index (κ2) is 7.89. The van der Waals surface area contributed by atoms with Crippen LogP contribution in [0, 0.1) is 6.92 Å². The van der Waals surface area contributed by atoms with Crippen LogP contribution in [0.2, 0.25) is 10.0 Å². The lowest BCUT2D eigenvalue weighted by molar-refractivity contribution is 0.0740. The molecule has 7 heteroatoms. The zero-order valence-electron chi connectivity index (χ0n) is 14.5. The maximum atomic E-state index is 12.8. The predicted molar refractivity (Wildman–Crippen MR) is 103 cm³/mol. The number of halogens is 2. The molecule has 0 saturated carbocycles. The van der Waals surface area contributed by atoms with E-state index in [0.717, 1.165) is 11.3 Å². The molecule has 0 fully saturated rings. The van der Waals surface area contributed by atoms with Crippen molar-refractivity contribution in [3.63, 3.8) is 0 Å². The quantitative estimate of drug-likeness (QED) is 0.644. The fourth-order valence-electron chi connectivity index (χ4n) is 2.63. The summed E-state index contributed by atoms with van der Waals surface area (Å²) in [6.45, 7) is 4.72. The highest BCUT2D eigenvalue weighted by Gasteiger charge is 2.21. The van der Waals surface area contributed by atoms with Gasteiger partial charge in [-0.25, -0.2) is 9.67 Å². The summed E-state index contributed by atoms with van der Waals surface area (Å²) >= 11 is 12.0. The van der Waals surface area contributed by atoms with E-state index in [1.807, 2.05) is 50.2 Å². The molecule has 0 atom stereocenters. The van der Waals surface area contributed by atoms with Gasteiger partial charge in [0.05, 0.1) is 5.69 Å². The van der Waals surface area contributed by atoms with Crippen molar-refractivity contribution in [2.75, 3.05) is 6.54 Å². The zero-order valence-corrected chi connectivity index (χ0v) is 16.0. The Balaban J connectivity index is 1.84. The van der Waals surface area contributed by atoms with Gasteiger partial charge in [-0.15, -0.1) is 5.10 Å². The highest BCUT2D eigenvalue weighted by Crippen LogP contribution is 2.16. The van der Waals surface area contributed by atoms with Crippen LogP contribution in [0.25, 0.3) is 5.69 Å². The minimum Gasteiger partial charge on any atom is -0.332 e. The number of aryl methyl sites for hydroxylation is 1. The van der Waals surface area contributed by atoms with Gasteiger partial charge < -0.3 is 4.90 Å². The molecule has 0 unspecified atom stereocenters. The van der Waals surface area contributed by atoms with Crippen LogP contribution in [0.4, 0.5) is 0 Å². The largest absolute Gasteiger partial charge is 0.332 e. The van der Waals surface area contributed by atoms with Crippen LogP contribution >= 0.6 is 23.2 Å². The fraction of sp³-hybridized carbons (Fsp3) is 0.211. The molecule has 1 heterocycles. The lowest BCUT2D eigenvalue weighted by atomic mass is 10.2. The molecule has 2 aromatic carbocycles. The van der Waals surface area contributed by atoms with Crippen molar-refractivity contribution < 1.29 is 4.79 Å². The Morgan fingerprint density at radius 1 is 1.12 bits per heavy atom. The third kappa shape index (κ3) is 4.06. The van der Waals surface area contributed by atoms with Crippen LogP contribution in [0.5, 0.6) is 0 Å². The molecule has 5 nitrogen and oxygen atoms in total. The summed E-state index contributed by atoms with van der Waals surface area (Å²) in [5, 5.41) is 5.67. The molecule has 26 heavy (non-hydrogen) atoms. The molecule has 3 rings (SSSR count). The highest BCUT2D eigenvalue weighted by atomic mass is 35.5. The molecule has 3 aromatic rings. The number of aromatic nitrogens is 3. The Morgan fingerprint density at radius 2 is 1.85 bits per heavy atom. The van der Waals surface area contributed by atoms with Gasteiger partial charge in [0.2, 0.25) is 5.82 Å². The van der Waals surface area contributed by atoms with Gasteiger partial charge in [0.25, 0.3) is 5.91 Å². The minimum atomic E-state index is -0.219. The first-order valence-electron chi connectivity index (χ1n) is 8.21. The van der Waals surface area contributed by atoms with Crippen molar-refractivity contribution in [3.05, 3.63) is 75.8 Å². The Bertz CT molecular complexity index is 922. The summed E-state index contributed by atoms with van der Waals surface area (Å²) in [7, 11) is 0. The minimum absolute atomic E-state index is 0.168. The topological polar surface area (TPSA) is 51.0 Å². The van der Waals surface area contributed by atoms with Gasteiger partial charge in [0, 0.05) is 23.1 Å². The maximum Gasteiger partial charge on any atom is 0.293 e. The normalized spacial score (nSPS) is 10.8. The van der Waals surface area contributed by atoms with E-state index < -0.39 is 0 Å². The number of amides is 1. The Kier molecular flexibility index (Phi) is 5.59. The van der Waals surface area contributed by atoms with Crippen molar-refractivity contribution in [2.24, 2.45) is 0 Å². The molecule has 0 bridgehead atoms. The lowest BCUT2D eigenvalue weighted by Gasteiger charge is -2.19. The van der Waals surface area contributed by atoms with E-state index in [1.54, 1.807) is 21.7 Å². The molecule has 0 N–H and O–H groups in total. The van der Waals surface area contributed by atoms with E-state index in [4.69, 9.17) is 23.2 Å². The van der Waals surface area contributed by atoms with Crippen molar-refractivity contribution in [1.82, 2.24) is 19.7 Å². The molecular weight excluding hydrogens is 371 g/mol. The number of hydrogen-bond donors (Lipinski definition) is 0. The van der Waals surface area contributed by atoms with Gasteiger partial charge in [-0.2, -0.15) is 0 Å². The summed E-state index contributed by atoms with van der Waals surface area (Å²) in [6, 6.07) is 14.7. The van der Waals surface area contributed by atoms with Crippen LogP contribution in [0.1, 0.15) is 28.9 Å². The number of benzene rings is 2. The summed E-state index contributed by atoms with van der Waals surface area (Å²) in [5.74, 6) is 0.582. The van der Waals surface area contributed by atoms with E-state index in [0.29, 0.717) is 29.0 Å². The molecular formula is C19H18Cl2N4O. The summed E-state index contributed by atoms with van der Waals surface area (Å²) in [4.78, 5) is 18.9. The van der Waals surface area contributed by atoms with Crippen LogP contribution in [-0.2, 0) is 6.54 Å². The number of carbonyl (C=O) groups excluding carboxylic acids is 1. The van der Waals surface area contributed by atoms with Crippen LogP contribution in [0.15, 0.2) is 48.5 Å². The molecule has 0 aliphatic carbocycles. The first-order valence-corrected chi connectivity index (χ1v) is 8.97. The van der Waals surface area contributed by atoms with Gasteiger partial charge in [-0.05, 0) is 55.8 Å². The number of carbonyl (C=O) groups is 1. The third-order valence-electron chi connectivity index (χ3n) is 3.96. The SMILES string of the molecule is CCN(Cc1cccc(Cl)c1)C(=O)c1nc(C)n(-c2ccc(Cl)cc2)n1. The van der Waals surface area contributed by atoms with Gasteiger partial charge in [-0.3, -0.25) is 4.79 Å². The third-order valence-corrected chi connectivity index (χ3v) is 4.45. The van der Waals surface area contributed by atoms with E-state index in [1.165, 1.54) is 0 Å². The monoisotopic (exact) mass is 388 g/mol. The molecule has 1 aromatic heterocycles. The Hall–Kier alpha value is -2.37. The van der Waals surface area contributed by atoms with Crippen molar-refractivity contribution in [3.8, 4) is 5.69 Å². The molecule has 0 saturated heterocycles. The maximum absolute atomic E-state index is 12.8. The fourth-order valence-corrected chi connectivity index (χ4v) is 2.97. The van der Waals surface area contributed by atoms with Gasteiger partial charge in [0.1, 0.15) is 5.82 Å². The van der Waals surface area contributed by atoms with E-state index >= 15 is 0 Å². The van der Waals surface area contributed by atoms with Crippen LogP contribution in [-0.4, -0.2) is 32.1 Å². The number of rotatable bonds is 5. The molecule has 0 spiro atoms. The zero-order chi connectivity index (χ0) is 18.7. The number of nitrogens with zero attached hydrogens (tertiary/aromatic N) is 4. The van der Waals surface area contributed by atoms with E-state index in [2.05, 4.69) is 10.1 Å². The first-order chi connectivity index (χ1) is 12.5. The standard InChI is InChI=1S/C19H18Cl2N4O/c1-3-24(12-14-5-4-6-16(21)11-14)19(26)18-22-13(2)25(23-18)17-9-7-15(20)8-10-17/h4-11H,3,12H2,1-2H3. The average Bonchev–Trinajstić information content (AvgIpc) is 3.01. The van der Waals surface area contributed by atoms with Gasteiger partial charge in [-0.1, -0.05) is 35.3 Å². The van der Waals surface area contributed by atoms with Gasteiger partial charge >= 0.3 is 0 Å². The first kappa shape index (κ1) is 18.4. The summed E-state index contributed by atoms with van der Waals surface area (Å²) in [5.41, 5.74) is 1.76. The highest BCUT2D eigenvalue weighted by molar-refractivity contribution is 6.30. The lowest BCUT2D eigenvalue weighted by Crippen LogP contribution is -2.31. The molecule has 0 aliphatic rings. The molecule has 0 radical (unpaired) electrons. The van der Waals surface area contributed by atoms with Crippen LogP contribution < -0.4 is 0 Å². The van der Waals surface area contributed by atoms with Crippen LogP contribution in [0.3, 0.4) is 0 Å². The summed E-state index contributed by atoms with van der Waals surface area (Å²) < 4.78 is 1.64. The average molecular weight is 389 g/mol. The van der Waals surface area contributed by atoms with E-state index in [-0.39, 0.29) is 11.7 Å². The summed E-state index contributed by atoms with van der Waals surface area (Å²) in [6.07, 6.45) is 0. The van der Waals surface area contributed by atoms with Gasteiger partial charge in [0.15, 0.2) is 0 Å². The van der Waals surface area contributed by atoms with Crippen molar-refractivity contribution in [2.45, 2.75) is 20.4 Å². The van der Waals surface area contributed by atoms with Crippen molar-refractivity contribution >= 4 is 29.1 Å².